The average molecular weight is 302 g/mol. The molecular weight excluding hydrogens is 284 g/mol. The zero-order valence-electron chi connectivity index (χ0n) is 13.0. The Morgan fingerprint density at radius 2 is 1.70 bits per heavy atom. The summed E-state index contributed by atoms with van der Waals surface area (Å²) in [5.41, 5.74) is 3.01. The minimum atomic E-state index is -0.573. The quantitative estimate of drug-likeness (QED) is 0.621. The molecule has 0 spiro atoms. The third-order valence-corrected chi connectivity index (χ3v) is 4.44. The van der Waals surface area contributed by atoms with Crippen molar-refractivity contribution in [2.75, 3.05) is 0 Å². The lowest BCUT2D eigenvalue weighted by atomic mass is 9.98. The molecule has 0 aliphatic heterocycles. The Bertz CT molecular complexity index is 982. The number of benzene rings is 3. The number of nitrogens with zero attached hydrogens (tertiary/aromatic N) is 2. The van der Waals surface area contributed by atoms with E-state index in [0.29, 0.717) is 6.42 Å². The normalized spacial score (nSPS) is 12.8. The number of aliphatic hydroxyl groups excluding tert-OH is 1. The molecule has 0 bridgehead atoms. The fraction of sp³-hybridized carbons (Fsp3) is 0.150. The van der Waals surface area contributed by atoms with Gasteiger partial charge in [0.25, 0.3) is 0 Å². The van der Waals surface area contributed by atoms with Crippen LogP contribution in [-0.2, 0) is 13.5 Å². The lowest BCUT2D eigenvalue weighted by Gasteiger charge is -2.13. The number of aromatic nitrogens is 2. The first-order valence-electron chi connectivity index (χ1n) is 7.80. The van der Waals surface area contributed by atoms with Crippen LogP contribution in [0.25, 0.3) is 21.8 Å². The molecule has 23 heavy (non-hydrogen) atoms. The van der Waals surface area contributed by atoms with E-state index in [9.17, 15) is 5.11 Å². The molecular formula is C20H18N2O. The smallest absolute Gasteiger partial charge is 0.112 e. The Morgan fingerprint density at radius 3 is 2.57 bits per heavy atom. The molecule has 0 radical (unpaired) electrons. The molecule has 114 valence electrons. The zero-order valence-corrected chi connectivity index (χ0v) is 13.0. The number of imidazole rings is 1. The highest BCUT2D eigenvalue weighted by Crippen LogP contribution is 2.27. The highest BCUT2D eigenvalue weighted by Gasteiger charge is 2.16. The summed E-state index contributed by atoms with van der Waals surface area (Å²) in [6.45, 7) is 0. The molecule has 1 heterocycles. The Morgan fingerprint density at radius 1 is 0.957 bits per heavy atom. The van der Waals surface area contributed by atoms with Crippen molar-refractivity contribution in [2.45, 2.75) is 12.5 Å². The number of rotatable bonds is 3. The van der Waals surface area contributed by atoms with Gasteiger partial charge in [0.2, 0.25) is 0 Å². The van der Waals surface area contributed by atoms with Crippen molar-refractivity contribution in [1.29, 1.82) is 0 Å². The molecule has 4 rings (SSSR count). The second kappa shape index (κ2) is 5.52. The predicted octanol–water partition coefficient (Wildman–Crippen LogP) is 4.00. The zero-order chi connectivity index (χ0) is 15.8. The van der Waals surface area contributed by atoms with Gasteiger partial charge >= 0.3 is 0 Å². The summed E-state index contributed by atoms with van der Waals surface area (Å²) in [4.78, 5) is 4.66. The average Bonchev–Trinajstić information content (AvgIpc) is 2.90. The SMILES string of the molecule is Cn1c(C[C@@H](O)c2cccc3ccccc23)nc2ccccc21. The van der Waals surface area contributed by atoms with Crippen molar-refractivity contribution in [3.8, 4) is 0 Å². The molecule has 0 unspecified atom stereocenters. The van der Waals surface area contributed by atoms with E-state index in [1.165, 1.54) is 0 Å². The van der Waals surface area contributed by atoms with Gasteiger partial charge in [0.15, 0.2) is 0 Å². The molecule has 0 saturated heterocycles. The number of hydrogen-bond donors (Lipinski definition) is 1. The maximum atomic E-state index is 10.8. The topological polar surface area (TPSA) is 38.0 Å². The van der Waals surface area contributed by atoms with Crippen LogP contribution in [0.2, 0.25) is 0 Å². The van der Waals surface area contributed by atoms with Crippen LogP contribution in [0.15, 0.2) is 66.7 Å². The molecule has 3 heteroatoms. The fourth-order valence-electron chi connectivity index (χ4n) is 3.20. The number of para-hydroxylation sites is 2. The van der Waals surface area contributed by atoms with E-state index in [1.54, 1.807) is 0 Å². The number of hydrogen-bond acceptors (Lipinski definition) is 2. The van der Waals surface area contributed by atoms with E-state index in [-0.39, 0.29) is 0 Å². The summed E-state index contributed by atoms with van der Waals surface area (Å²) in [6.07, 6.45) is -0.0734. The van der Waals surface area contributed by atoms with Crippen molar-refractivity contribution >= 4 is 21.8 Å². The molecule has 3 nitrogen and oxygen atoms in total. The minimum absolute atomic E-state index is 0.499. The van der Waals surface area contributed by atoms with Gasteiger partial charge in [-0.25, -0.2) is 4.98 Å². The molecule has 0 saturated carbocycles. The third kappa shape index (κ3) is 2.39. The number of fused-ring (bicyclic) bond motifs is 2. The van der Waals surface area contributed by atoms with Gasteiger partial charge in [0.05, 0.1) is 17.1 Å². The first-order chi connectivity index (χ1) is 11.2. The Labute approximate surface area is 134 Å². The van der Waals surface area contributed by atoms with Crippen LogP contribution in [0.4, 0.5) is 0 Å². The molecule has 0 aliphatic carbocycles. The molecule has 3 aromatic carbocycles. The standard InChI is InChI=1S/C20H18N2O/c1-22-18-12-5-4-11-17(18)21-20(22)13-19(23)16-10-6-8-14-7-2-3-9-15(14)16/h2-12,19,23H,13H2,1H3/t19-/m1/s1. The molecule has 1 N–H and O–H groups in total. The maximum absolute atomic E-state index is 10.8. The van der Waals surface area contributed by atoms with E-state index in [2.05, 4.69) is 33.8 Å². The third-order valence-electron chi connectivity index (χ3n) is 4.44. The van der Waals surface area contributed by atoms with Crippen LogP contribution in [0, 0.1) is 0 Å². The second-order valence-corrected chi connectivity index (χ2v) is 5.86. The first kappa shape index (κ1) is 14.0. The van der Waals surface area contributed by atoms with Gasteiger partial charge < -0.3 is 9.67 Å². The van der Waals surface area contributed by atoms with Crippen molar-refractivity contribution < 1.29 is 5.11 Å². The van der Waals surface area contributed by atoms with Crippen LogP contribution < -0.4 is 0 Å². The molecule has 0 aliphatic rings. The van der Waals surface area contributed by atoms with Gasteiger partial charge in [-0.3, -0.25) is 0 Å². The van der Waals surface area contributed by atoms with Crippen molar-refractivity contribution in [2.24, 2.45) is 7.05 Å². The number of aryl methyl sites for hydroxylation is 1. The summed E-state index contributed by atoms with van der Waals surface area (Å²) >= 11 is 0. The molecule has 4 aromatic rings. The molecule has 1 atom stereocenters. The van der Waals surface area contributed by atoms with Gasteiger partial charge in [-0.1, -0.05) is 54.6 Å². The van der Waals surface area contributed by atoms with Crippen LogP contribution in [0.5, 0.6) is 0 Å². The van der Waals surface area contributed by atoms with Crippen molar-refractivity contribution in [3.05, 3.63) is 78.1 Å². The highest BCUT2D eigenvalue weighted by atomic mass is 16.3. The monoisotopic (exact) mass is 302 g/mol. The predicted molar refractivity (Wildman–Crippen MR) is 93.3 cm³/mol. The second-order valence-electron chi connectivity index (χ2n) is 5.86. The first-order valence-corrected chi connectivity index (χ1v) is 7.80. The maximum Gasteiger partial charge on any atom is 0.112 e. The van der Waals surface area contributed by atoms with Crippen LogP contribution in [0.3, 0.4) is 0 Å². The molecule has 0 fully saturated rings. The summed E-state index contributed by atoms with van der Waals surface area (Å²) in [5.74, 6) is 0.895. The minimum Gasteiger partial charge on any atom is -0.388 e. The van der Waals surface area contributed by atoms with Gasteiger partial charge in [-0.15, -0.1) is 0 Å². The van der Waals surface area contributed by atoms with Crippen molar-refractivity contribution in [1.82, 2.24) is 9.55 Å². The van der Waals surface area contributed by atoms with E-state index in [4.69, 9.17) is 0 Å². The van der Waals surface area contributed by atoms with Gasteiger partial charge in [-0.05, 0) is 28.5 Å². The highest BCUT2D eigenvalue weighted by molar-refractivity contribution is 5.86. The Kier molecular flexibility index (Phi) is 3.36. The lowest BCUT2D eigenvalue weighted by Crippen LogP contribution is -2.07. The summed E-state index contributed by atoms with van der Waals surface area (Å²) in [6, 6.07) is 22.3. The number of aliphatic hydroxyl groups is 1. The summed E-state index contributed by atoms with van der Waals surface area (Å²) in [7, 11) is 2.00. The van der Waals surface area contributed by atoms with Crippen LogP contribution in [-0.4, -0.2) is 14.7 Å². The Balaban J connectivity index is 1.73. The van der Waals surface area contributed by atoms with Gasteiger partial charge in [-0.2, -0.15) is 0 Å². The fourth-order valence-corrected chi connectivity index (χ4v) is 3.20. The largest absolute Gasteiger partial charge is 0.388 e. The van der Waals surface area contributed by atoms with E-state index in [1.807, 2.05) is 49.5 Å². The van der Waals surface area contributed by atoms with E-state index in [0.717, 1.165) is 33.2 Å². The van der Waals surface area contributed by atoms with Crippen molar-refractivity contribution in [3.63, 3.8) is 0 Å². The molecule has 0 amide bonds. The van der Waals surface area contributed by atoms with Gasteiger partial charge in [0, 0.05) is 13.5 Å². The molecule has 1 aromatic heterocycles. The lowest BCUT2D eigenvalue weighted by molar-refractivity contribution is 0.176. The van der Waals surface area contributed by atoms with Crippen LogP contribution >= 0.6 is 0 Å². The van der Waals surface area contributed by atoms with E-state index < -0.39 is 6.10 Å². The van der Waals surface area contributed by atoms with Crippen LogP contribution in [0.1, 0.15) is 17.5 Å². The Hall–Kier alpha value is -2.65. The van der Waals surface area contributed by atoms with Gasteiger partial charge in [0.1, 0.15) is 5.82 Å². The van der Waals surface area contributed by atoms with E-state index >= 15 is 0 Å². The summed E-state index contributed by atoms with van der Waals surface area (Å²) in [5, 5.41) is 13.0. The summed E-state index contributed by atoms with van der Waals surface area (Å²) < 4.78 is 2.06.